The van der Waals surface area contributed by atoms with E-state index in [-0.39, 0.29) is 0 Å². The predicted molar refractivity (Wildman–Crippen MR) is 114 cm³/mol. The highest BCUT2D eigenvalue weighted by atomic mass is 35.5. The molecular formula is C20H34ClN5. The summed E-state index contributed by atoms with van der Waals surface area (Å²) in [6.07, 6.45) is 2.40. The number of halogens is 1. The lowest BCUT2D eigenvalue weighted by molar-refractivity contribution is 0.296. The van der Waals surface area contributed by atoms with Crippen LogP contribution in [0.2, 0.25) is 5.02 Å². The summed E-state index contributed by atoms with van der Waals surface area (Å²) in [5.74, 6) is 1.02. The summed E-state index contributed by atoms with van der Waals surface area (Å²) in [5.41, 5.74) is 1.13. The minimum Gasteiger partial charge on any atom is -0.367 e. The molecule has 1 aliphatic rings. The molecule has 1 saturated heterocycles. The molecule has 0 saturated carbocycles. The number of anilines is 1. The second-order valence-corrected chi connectivity index (χ2v) is 7.04. The largest absolute Gasteiger partial charge is 0.367 e. The first-order valence-electron chi connectivity index (χ1n) is 9.87. The lowest BCUT2D eigenvalue weighted by Crippen LogP contribution is -2.52. The molecule has 1 aromatic rings. The molecule has 0 aliphatic carbocycles. The van der Waals surface area contributed by atoms with Gasteiger partial charge in [0.15, 0.2) is 5.96 Å². The topological polar surface area (TPSA) is 34.1 Å². The van der Waals surface area contributed by atoms with E-state index in [1.165, 1.54) is 19.4 Å². The van der Waals surface area contributed by atoms with Crippen molar-refractivity contribution in [1.29, 1.82) is 0 Å². The molecular weight excluding hydrogens is 346 g/mol. The van der Waals surface area contributed by atoms with Crippen LogP contribution in [0.25, 0.3) is 0 Å². The molecule has 0 bridgehead atoms. The number of unbranched alkanes of at least 4 members (excludes halogenated alkanes) is 1. The fraction of sp³-hybridized carbons (Fsp3) is 0.650. The first-order chi connectivity index (χ1) is 12.7. The van der Waals surface area contributed by atoms with Crippen LogP contribution in [-0.2, 0) is 0 Å². The van der Waals surface area contributed by atoms with Gasteiger partial charge in [-0.3, -0.25) is 4.99 Å². The van der Waals surface area contributed by atoms with Crippen LogP contribution in [0.4, 0.5) is 5.69 Å². The fourth-order valence-electron chi connectivity index (χ4n) is 3.40. The van der Waals surface area contributed by atoms with Gasteiger partial charge in [0.1, 0.15) is 0 Å². The van der Waals surface area contributed by atoms with E-state index in [0.717, 1.165) is 62.5 Å². The van der Waals surface area contributed by atoms with Crippen molar-refractivity contribution in [2.24, 2.45) is 4.99 Å². The minimum atomic E-state index is 0.830. The lowest BCUT2D eigenvalue weighted by Gasteiger charge is -2.38. The van der Waals surface area contributed by atoms with E-state index >= 15 is 0 Å². The summed E-state index contributed by atoms with van der Waals surface area (Å²) in [6, 6.07) is 8.09. The van der Waals surface area contributed by atoms with Crippen molar-refractivity contribution in [3.8, 4) is 0 Å². The molecule has 0 amide bonds. The maximum Gasteiger partial charge on any atom is 0.193 e. The van der Waals surface area contributed by atoms with Crippen molar-refractivity contribution in [3.05, 3.63) is 29.3 Å². The fourth-order valence-corrected chi connectivity index (χ4v) is 3.66. The van der Waals surface area contributed by atoms with Crippen molar-refractivity contribution in [2.75, 3.05) is 64.3 Å². The zero-order valence-electron chi connectivity index (χ0n) is 16.5. The average Bonchev–Trinajstić information content (AvgIpc) is 2.68. The van der Waals surface area contributed by atoms with Crippen LogP contribution in [0.3, 0.4) is 0 Å². The van der Waals surface area contributed by atoms with Gasteiger partial charge in [-0.25, -0.2) is 0 Å². The normalized spacial score (nSPS) is 15.7. The molecule has 2 rings (SSSR count). The van der Waals surface area contributed by atoms with Crippen LogP contribution < -0.4 is 10.2 Å². The molecule has 1 aromatic carbocycles. The lowest BCUT2D eigenvalue weighted by atomic mass is 10.2. The highest BCUT2D eigenvalue weighted by molar-refractivity contribution is 6.33. The Labute approximate surface area is 164 Å². The zero-order valence-corrected chi connectivity index (χ0v) is 17.3. The van der Waals surface area contributed by atoms with Gasteiger partial charge in [-0.05, 0) is 44.6 Å². The molecule has 1 N–H and O–H groups in total. The predicted octanol–water partition coefficient (Wildman–Crippen LogP) is 3.16. The Bertz CT molecular complexity index is 551. The standard InChI is InChI=1S/C20H34ClN5/c1-4-24(5-2)13-9-8-12-23-20(22-3)26-16-14-25(15-17-26)19-11-7-6-10-18(19)21/h6-7,10-11H,4-5,8-9,12-17H2,1-3H3,(H,22,23). The van der Waals surface area contributed by atoms with E-state index in [9.17, 15) is 0 Å². The second kappa shape index (κ2) is 11.3. The number of para-hydroxylation sites is 1. The first kappa shape index (κ1) is 20.8. The molecule has 1 aliphatic heterocycles. The maximum absolute atomic E-state index is 6.33. The van der Waals surface area contributed by atoms with E-state index in [0.29, 0.717) is 0 Å². The molecule has 0 radical (unpaired) electrons. The number of hydrogen-bond acceptors (Lipinski definition) is 3. The number of rotatable bonds is 8. The van der Waals surface area contributed by atoms with Gasteiger partial charge >= 0.3 is 0 Å². The molecule has 26 heavy (non-hydrogen) atoms. The monoisotopic (exact) mass is 379 g/mol. The second-order valence-electron chi connectivity index (χ2n) is 6.63. The maximum atomic E-state index is 6.33. The van der Waals surface area contributed by atoms with Gasteiger partial charge in [0, 0.05) is 39.8 Å². The third-order valence-corrected chi connectivity index (χ3v) is 5.38. The Morgan fingerprint density at radius 2 is 1.81 bits per heavy atom. The Morgan fingerprint density at radius 3 is 2.42 bits per heavy atom. The zero-order chi connectivity index (χ0) is 18.8. The van der Waals surface area contributed by atoms with E-state index in [1.807, 2.05) is 25.2 Å². The Hall–Kier alpha value is -1.46. The SMILES string of the molecule is CCN(CC)CCCCNC(=NC)N1CCN(c2ccccc2Cl)CC1. The molecule has 0 aromatic heterocycles. The van der Waals surface area contributed by atoms with Crippen LogP contribution >= 0.6 is 11.6 Å². The van der Waals surface area contributed by atoms with Gasteiger partial charge in [0.25, 0.3) is 0 Å². The molecule has 146 valence electrons. The molecule has 5 nitrogen and oxygen atoms in total. The number of nitrogens with one attached hydrogen (secondary N) is 1. The molecule has 1 fully saturated rings. The highest BCUT2D eigenvalue weighted by Gasteiger charge is 2.20. The summed E-state index contributed by atoms with van der Waals surface area (Å²) in [4.78, 5) is 11.6. The van der Waals surface area contributed by atoms with Crippen molar-refractivity contribution < 1.29 is 0 Å². The first-order valence-corrected chi connectivity index (χ1v) is 10.2. The van der Waals surface area contributed by atoms with Crippen molar-refractivity contribution in [2.45, 2.75) is 26.7 Å². The van der Waals surface area contributed by atoms with Gasteiger partial charge in [0.2, 0.25) is 0 Å². The van der Waals surface area contributed by atoms with Gasteiger partial charge < -0.3 is 20.0 Å². The molecule has 0 unspecified atom stereocenters. The highest BCUT2D eigenvalue weighted by Crippen LogP contribution is 2.25. The van der Waals surface area contributed by atoms with Crippen LogP contribution in [-0.4, -0.2) is 75.2 Å². The van der Waals surface area contributed by atoms with Crippen LogP contribution in [0.1, 0.15) is 26.7 Å². The number of piperazine rings is 1. The van der Waals surface area contributed by atoms with Crippen molar-refractivity contribution in [1.82, 2.24) is 15.1 Å². The Kier molecular flexibility index (Phi) is 9.06. The Balaban J connectivity index is 1.72. The number of hydrogen-bond donors (Lipinski definition) is 1. The number of aliphatic imine (C=N–C) groups is 1. The number of nitrogens with zero attached hydrogens (tertiary/aromatic N) is 4. The smallest absolute Gasteiger partial charge is 0.193 e. The molecule has 0 atom stereocenters. The van der Waals surface area contributed by atoms with Crippen LogP contribution in [0, 0.1) is 0 Å². The average molecular weight is 380 g/mol. The van der Waals surface area contributed by atoms with E-state index < -0.39 is 0 Å². The van der Waals surface area contributed by atoms with Crippen LogP contribution in [0.15, 0.2) is 29.3 Å². The molecule has 1 heterocycles. The van der Waals surface area contributed by atoms with Crippen LogP contribution in [0.5, 0.6) is 0 Å². The third-order valence-electron chi connectivity index (χ3n) is 5.06. The quantitative estimate of drug-likeness (QED) is 0.427. The van der Waals surface area contributed by atoms with Crippen molar-refractivity contribution >= 4 is 23.2 Å². The van der Waals surface area contributed by atoms with Gasteiger partial charge in [-0.15, -0.1) is 0 Å². The van der Waals surface area contributed by atoms with E-state index in [1.54, 1.807) is 0 Å². The third kappa shape index (κ3) is 6.06. The van der Waals surface area contributed by atoms with Gasteiger partial charge in [-0.1, -0.05) is 37.6 Å². The number of benzene rings is 1. The molecule has 6 heteroatoms. The Morgan fingerprint density at radius 1 is 1.12 bits per heavy atom. The summed E-state index contributed by atoms with van der Waals surface area (Å²) >= 11 is 6.33. The summed E-state index contributed by atoms with van der Waals surface area (Å²) in [7, 11) is 1.87. The van der Waals surface area contributed by atoms with Gasteiger partial charge in [0.05, 0.1) is 10.7 Å². The van der Waals surface area contributed by atoms with Crippen molar-refractivity contribution in [3.63, 3.8) is 0 Å². The number of guanidine groups is 1. The minimum absolute atomic E-state index is 0.830. The van der Waals surface area contributed by atoms with E-state index in [2.05, 4.69) is 44.9 Å². The summed E-state index contributed by atoms with van der Waals surface area (Å²) < 4.78 is 0. The summed E-state index contributed by atoms with van der Waals surface area (Å²) in [6.45, 7) is 12.8. The summed E-state index contributed by atoms with van der Waals surface area (Å²) in [5, 5.41) is 4.36. The van der Waals surface area contributed by atoms with Gasteiger partial charge in [-0.2, -0.15) is 0 Å². The molecule has 0 spiro atoms. The van der Waals surface area contributed by atoms with E-state index in [4.69, 9.17) is 11.6 Å².